The predicted octanol–water partition coefficient (Wildman–Crippen LogP) is 4.58. The van der Waals surface area contributed by atoms with E-state index in [4.69, 9.17) is 4.98 Å². The molecule has 0 N–H and O–H groups in total. The fourth-order valence-corrected chi connectivity index (χ4v) is 5.98. The van der Waals surface area contributed by atoms with Crippen LogP contribution >= 0.6 is 10.0 Å². The standard InChI is InChI=1S/C18H16N2S/c1-21(2)11-12-10-19-18-15-7-4-3-6-13(15)14-8-5-9-16(21)17(14)20(12)18/h3-10H,11H2,1-2H3. The third kappa shape index (κ3) is 1.32. The maximum atomic E-state index is 4.74. The van der Waals surface area contributed by atoms with Crippen LogP contribution in [0.15, 0.2) is 53.6 Å². The lowest BCUT2D eigenvalue weighted by molar-refractivity contribution is 1.10. The number of hydrogen-bond donors (Lipinski definition) is 0. The first-order valence-corrected chi connectivity index (χ1v) is 9.79. The molecule has 3 heteroatoms. The van der Waals surface area contributed by atoms with E-state index >= 15 is 0 Å². The molecule has 0 unspecified atom stereocenters. The number of para-hydroxylation sites is 1. The zero-order valence-electron chi connectivity index (χ0n) is 12.1. The number of benzene rings is 2. The number of imidazole rings is 1. The molecule has 3 heterocycles. The number of hydrogen-bond acceptors (Lipinski definition) is 1. The smallest absolute Gasteiger partial charge is 0.145 e. The predicted molar refractivity (Wildman–Crippen MR) is 91.6 cm³/mol. The molecule has 1 aliphatic rings. The van der Waals surface area contributed by atoms with E-state index in [-0.39, 0.29) is 0 Å². The molecular weight excluding hydrogens is 276 g/mol. The Morgan fingerprint density at radius 1 is 0.952 bits per heavy atom. The van der Waals surface area contributed by atoms with Crippen LogP contribution < -0.4 is 0 Å². The zero-order chi connectivity index (χ0) is 14.2. The van der Waals surface area contributed by atoms with Gasteiger partial charge in [-0.15, -0.1) is 0 Å². The molecule has 0 saturated carbocycles. The number of nitrogens with zero attached hydrogens (tertiary/aromatic N) is 2. The molecule has 104 valence electrons. The highest BCUT2D eigenvalue weighted by Gasteiger charge is 2.27. The molecule has 2 aromatic carbocycles. The molecule has 0 amide bonds. The summed E-state index contributed by atoms with van der Waals surface area (Å²) in [6.07, 6.45) is 6.91. The highest BCUT2D eigenvalue weighted by molar-refractivity contribution is 8.32. The van der Waals surface area contributed by atoms with Crippen molar-refractivity contribution in [3.8, 4) is 0 Å². The van der Waals surface area contributed by atoms with Gasteiger partial charge in [0.1, 0.15) is 5.65 Å². The van der Waals surface area contributed by atoms with Gasteiger partial charge in [-0.1, -0.05) is 36.4 Å². The van der Waals surface area contributed by atoms with Crippen LogP contribution in [0, 0.1) is 0 Å². The highest BCUT2D eigenvalue weighted by atomic mass is 32.3. The van der Waals surface area contributed by atoms with Gasteiger partial charge in [0.05, 0.1) is 17.4 Å². The molecule has 0 saturated heterocycles. The van der Waals surface area contributed by atoms with Crippen LogP contribution in [0.3, 0.4) is 0 Å². The minimum atomic E-state index is -0.794. The summed E-state index contributed by atoms with van der Waals surface area (Å²) in [5.74, 6) is 1.12. The Hall–Kier alpha value is -2.00. The van der Waals surface area contributed by atoms with Gasteiger partial charge in [-0.05, 0) is 24.0 Å². The van der Waals surface area contributed by atoms with E-state index in [9.17, 15) is 0 Å². The molecule has 1 aliphatic heterocycles. The summed E-state index contributed by atoms with van der Waals surface area (Å²) < 4.78 is 2.39. The van der Waals surface area contributed by atoms with Gasteiger partial charge in [-0.3, -0.25) is 4.40 Å². The molecule has 2 aromatic heterocycles. The Morgan fingerprint density at radius 3 is 2.57 bits per heavy atom. The van der Waals surface area contributed by atoms with Crippen molar-refractivity contribution in [2.24, 2.45) is 0 Å². The van der Waals surface area contributed by atoms with Gasteiger partial charge < -0.3 is 0 Å². The van der Waals surface area contributed by atoms with Crippen LogP contribution in [0.1, 0.15) is 5.69 Å². The van der Waals surface area contributed by atoms with Crippen molar-refractivity contribution in [1.29, 1.82) is 0 Å². The Kier molecular flexibility index (Phi) is 2.00. The molecule has 0 radical (unpaired) electrons. The lowest BCUT2D eigenvalue weighted by Crippen LogP contribution is -2.11. The van der Waals surface area contributed by atoms with Crippen LogP contribution in [-0.2, 0) is 5.75 Å². The summed E-state index contributed by atoms with van der Waals surface area (Å²) in [5.41, 5.74) is 3.85. The average molecular weight is 292 g/mol. The van der Waals surface area contributed by atoms with Crippen molar-refractivity contribution in [2.45, 2.75) is 10.6 Å². The molecule has 0 fully saturated rings. The summed E-state index contributed by atoms with van der Waals surface area (Å²) in [6.45, 7) is 0. The molecule has 0 spiro atoms. The Morgan fingerprint density at radius 2 is 1.71 bits per heavy atom. The first-order chi connectivity index (χ1) is 10.2. The maximum absolute atomic E-state index is 4.74. The molecule has 4 aromatic rings. The largest absolute Gasteiger partial charge is 0.294 e. The van der Waals surface area contributed by atoms with Crippen LogP contribution in [0.5, 0.6) is 0 Å². The SMILES string of the molecule is CS1(C)Cc2cnc3c4ccccc4c4cccc1c4n23. The van der Waals surface area contributed by atoms with E-state index < -0.39 is 10.0 Å². The molecule has 2 nitrogen and oxygen atoms in total. The molecular formula is C18H16N2S. The maximum Gasteiger partial charge on any atom is 0.145 e. The first kappa shape index (κ1) is 11.6. The van der Waals surface area contributed by atoms with E-state index in [1.54, 1.807) is 0 Å². The summed E-state index contributed by atoms with van der Waals surface area (Å²) in [5, 5.41) is 3.93. The monoisotopic (exact) mass is 292 g/mol. The molecule has 0 bridgehead atoms. The second-order valence-corrected chi connectivity index (χ2v) is 10.1. The summed E-state index contributed by atoms with van der Waals surface area (Å²) in [7, 11) is -0.794. The topological polar surface area (TPSA) is 17.3 Å². The van der Waals surface area contributed by atoms with Crippen molar-refractivity contribution in [2.75, 3.05) is 12.5 Å². The van der Waals surface area contributed by atoms with E-state index in [0.29, 0.717) is 0 Å². The van der Waals surface area contributed by atoms with Crippen molar-refractivity contribution in [3.05, 3.63) is 54.4 Å². The molecule has 0 atom stereocenters. The van der Waals surface area contributed by atoms with Gasteiger partial charge >= 0.3 is 0 Å². The minimum Gasteiger partial charge on any atom is -0.294 e. The van der Waals surface area contributed by atoms with Gasteiger partial charge in [0.2, 0.25) is 0 Å². The van der Waals surface area contributed by atoms with Crippen LogP contribution in [-0.4, -0.2) is 21.9 Å². The number of rotatable bonds is 0. The van der Waals surface area contributed by atoms with Crippen LogP contribution in [0.2, 0.25) is 0 Å². The summed E-state index contributed by atoms with van der Waals surface area (Å²) in [4.78, 5) is 6.26. The number of pyridine rings is 1. The van der Waals surface area contributed by atoms with E-state index in [2.05, 4.69) is 65.6 Å². The third-order valence-electron chi connectivity index (χ3n) is 4.62. The van der Waals surface area contributed by atoms with Crippen LogP contribution in [0.25, 0.3) is 27.3 Å². The van der Waals surface area contributed by atoms with E-state index in [0.717, 1.165) is 11.4 Å². The van der Waals surface area contributed by atoms with Gasteiger partial charge in [0, 0.05) is 21.4 Å². The van der Waals surface area contributed by atoms with Gasteiger partial charge in [-0.25, -0.2) is 15.0 Å². The zero-order valence-corrected chi connectivity index (χ0v) is 12.9. The normalized spacial score (nSPS) is 17.8. The summed E-state index contributed by atoms with van der Waals surface area (Å²) >= 11 is 0. The fourth-order valence-electron chi connectivity index (χ4n) is 3.71. The molecule has 5 rings (SSSR count). The van der Waals surface area contributed by atoms with Crippen molar-refractivity contribution in [1.82, 2.24) is 9.38 Å². The van der Waals surface area contributed by atoms with Gasteiger partial charge in [0.15, 0.2) is 0 Å². The van der Waals surface area contributed by atoms with Crippen molar-refractivity contribution < 1.29 is 0 Å². The third-order valence-corrected chi connectivity index (χ3v) is 7.16. The Balaban J connectivity index is 2.22. The minimum absolute atomic E-state index is 0.794. The average Bonchev–Trinajstić information content (AvgIpc) is 2.90. The van der Waals surface area contributed by atoms with Crippen molar-refractivity contribution in [3.63, 3.8) is 0 Å². The van der Waals surface area contributed by atoms with E-state index in [1.165, 1.54) is 32.3 Å². The highest BCUT2D eigenvalue weighted by Crippen LogP contribution is 2.57. The van der Waals surface area contributed by atoms with Crippen molar-refractivity contribution >= 4 is 37.4 Å². The Labute approximate surface area is 124 Å². The van der Waals surface area contributed by atoms with Crippen LogP contribution in [0.4, 0.5) is 0 Å². The van der Waals surface area contributed by atoms with Gasteiger partial charge in [-0.2, -0.15) is 0 Å². The lowest BCUT2D eigenvalue weighted by Gasteiger charge is -2.36. The second kappa shape index (κ2) is 3.60. The molecule has 0 aliphatic carbocycles. The number of aromatic nitrogens is 2. The first-order valence-electron chi connectivity index (χ1n) is 7.18. The van der Waals surface area contributed by atoms with E-state index in [1.807, 2.05) is 0 Å². The molecule has 21 heavy (non-hydrogen) atoms. The number of fused-ring (bicyclic) bond motifs is 3. The summed E-state index contributed by atoms with van der Waals surface area (Å²) in [6, 6.07) is 15.4. The quantitative estimate of drug-likeness (QED) is 0.434. The fraction of sp³-hybridized carbons (Fsp3) is 0.167. The van der Waals surface area contributed by atoms with Gasteiger partial charge in [0.25, 0.3) is 0 Å². The Bertz CT molecular complexity index is 1040. The lowest BCUT2D eigenvalue weighted by atomic mass is 10.1. The second-order valence-electron chi connectivity index (χ2n) is 6.29.